The summed E-state index contributed by atoms with van der Waals surface area (Å²) in [7, 11) is 4.05. The van der Waals surface area contributed by atoms with Gasteiger partial charge in [0.2, 0.25) is 0 Å². The van der Waals surface area contributed by atoms with Gasteiger partial charge in [0.05, 0.1) is 12.2 Å². The van der Waals surface area contributed by atoms with Gasteiger partial charge in [-0.3, -0.25) is 0 Å². The molecular formula is C24H31F3N2O. The molecule has 1 saturated heterocycles. The Hall–Kier alpha value is -2.21. The zero-order valence-electron chi connectivity index (χ0n) is 18.1. The van der Waals surface area contributed by atoms with Crippen molar-refractivity contribution >= 4 is 5.69 Å². The summed E-state index contributed by atoms with van der Waals surface area (Å²) in [4.78, 5) is 4.53. The molecule has 3 nitrogen and oxygen atoms in total. The van der Waals surface area contributed by atoms with Crippen molar-refractivity contribution in [1.29, 1.82) is 0 Å². The lowest BCUT2D eigenvalue weighted by atomic mass is 9.80. The monoisotopic (exact) mass is 420 g/mol. The second kappa shape index (κ2) is 9.29. The number of halogens is 3. The third-order valence-electron chi connectivity index (χ3n) is 5.98. The first-order valence-corrected chi connectivity index (χ1v) is 10.5. The van der Waals surface area contributed by atoms with E-state index >= 15 is 0 Å². The number of piperidine rings is 1. The molecule has 164 valence electrons. The van der Waals surface area contributed by atoms with Crippen LogP contribution in [0.2, 0.25) is 0 Å². The van der Waals surface area contributed by atoms with Gasteiger partial charge in [0.15, 0.2) is 0 Å². The topological polar surface area (TPSA) is 15.7 Å². The van der Waals surface area contributed by atoms with E-state index in [9.17, 15) is 13.2 Å². The van der Waals surface area contributed by atoms with Crippen LogP contribution >= 0.6 is 0 Å². The Kier molecular flexibility index (Phi) is 6.96. The van der Waals surface area contributed by atoms with Gasteiger partial charge in [-0.15, -0.1) is 0 Å². The zero-order valence-corrected chi connectivity index (χ0v) is 18.1. The van der Waals surface area contributed by atoms with Gasteiger partial charge in [0.25, 0.3) is 0 Å². The lowest BCUT2D eigenvalue weighted by Crippen LogP contribution is -2.45. The van der Waals surface area contributed by atoms with Gasteiger partial charge in [-0.05, 0) is 74.7 Å². The van der Waals surface area contributed by atoms with E-state index in [0.717, 1.165) is 37.3 Å². The van der Waals surface area contributed by atoms with E-state index in [1.807, 2.05) is 14.1 Å². The van der Waals surface area contributed by atoms with E-state index in [1.54, 1.807) is 0 Å². The van der Waals surface area contributed by atoms with E-state index in [1.165, 1.54) is 17.7 Å². The fraction of sp³-hybridized carbons (Fsp3) is 0.500. The Morgan fingerprint density at radius 3 is 2.20 bits per heavy atom. The fourth-order valence-corrected chi connectivity index (χ4v) is 4.10. The van der Waals surface area contributed by atoms with Gasteiger partial charge in [-0.2, -0.15) is 13.2 Å². The molecule has 0 saturated carbocycles. The summed E-state index contributed by atoms with van der Waals surface area (Å²) in [6, 6.07) is 14.1. The first kappa shape index (κ1) is 22.5. The van der Waals surface area contributed by atoms with Crippen molar-refractivity contribution in [3.8, 4) is 5.75 Å². The van der Waals surface area contributed by atoms with Crippen LogP contribution in [-0.4, -0.2) is 44.7 Å². The third-order valence-corrected chi connectivity index (χ3v) is 5.98. The van der Waals surface area contributed by atoms with Crippen molar-refractivity contribution in [3.05, 3.63) is 59.7 Å². The quantitative estimate of drug-likeness (QED) is 0.599. The van der Waals surface area contributed by atoms with Crippen LogP contribution in [0.3, 0.4) is 0 Å². The minimum absolute atomic E-state index is 0.272. The molecule has 1 aliphatic rings. The van der Waals surface area contributed by atoms with E-state index in [2.05, 4.69) is 47.9 Å². The molecule has 0 radical (unpaired) electrons. The highest BCUT2D eigenvalue weighted by Gasteiger charge is 2.32. The highest BCUT2D eigenvalue weighted by Crippen LogP contribution is 2.35. The summed E-state index contributed by atoms with van der Waals surface area (Å²) in [5, 5.41) is 0. The highest BCUT2D eigenvalue weighted by molar-refractivity contribution is 5.46. The Balaban J connectivity index is 1.73. The first-order valence-electron chi connectivity index (χ1n) is 10.5. The van der Waals surface area contributed by atoms with Gasteiger partial charge in [0, 0.05) is 38.3 Å². The van der Waals surface area contributed by atoms with E-state index in [4.69, 9.17) is 4.74 Å². The number of benzene rings is 2. The van der Waals surface area contributed by atoms with Gasteiger partial charge in [-0.1, -0.05) is 12.1 Å². The molecule has 6 heteroatoms. The van der Waals surface area contributed by atoms with Crippen LogP contribution in [0.5, 0.6) is 5.75 Å². The number of alkyl halides is 3. The number of likely N-dealkylation sites (tertiary alicyclic amines) is 1. The molecule has 2 aromatic carbocycles. The van der Waals surface area contributed by atoms with Crippen LogP contribution in [0.25, 0.3) is 0 Å². The molecule has 30 heavy (non-hydrogen) atoms. The summed E-state index contributed by atoms with van der Waals surface area (Å²) in [6.45, 7) is 6.82. The second-order valence-corrected chi connectivity index (χ2v) is 8.56. The Bertz CT molecular complexity index is 801. The number of nitrogens with zero attached hydrogens (tertiary/aromatic N) is 2. The number of rotatable bonds is 6. The summed E-state index contributed by atoms with van der Waals surface area (Å²) < 4.78 is 44.3. The molecule has 0 N–H and O–H groups in total. The predicted octanol–water partition coefficient (Wildman–Crippen LogP) is 5.66. The van der Waals surface area contributed by atoms with Crippen molar-refractivity contribution in [1.82, 2.24) is 4.90 Å². The van der Waals surface area contributed by atoms with Crippen LogP contribution in [0.1, 0.15) is 37.3 Å². The molecule has 0 aliphatic carbocycles. The molecule has 0 bridgehead atoms. The van der Waals surface area contributed by atoms with Gasteiger partial charge in [0.1, 0.15) is 5.75 Å². The smallest absolute Gasteiger partial charge is 0.416 e. The largest absolute Gasteiger partial charge is 0.493 e. The molecule has 1 fully saturated rings. The molecule has 1 aliphatic heterocycles. The van der Waals surface area contributed by atoms with Crippen molar-refractivity contribution in [2.45, 2.75) is 38.4 Å². The normalized spacial score (nSPS) is 20.4. The Morgan fingerprint density at radius 2 is 1.67 bits per heavy atom. The maximum Gasteiger partial charge on any atom is 0.416 e. The minimum Gasteiger partial charge on any atom is -0.493 e. The predicted molar refractivity (Wildman–Crippen MR) is 115 cm³/mol. The molecule has 2 aromatic rings. The lowest BCUT2D eigenvalue weighted by Gasteiger charge is -2.40. The van der Waals surface area contributed by atoms with Gasteiger partial charge in [-0.25, -0.2) is 0 Å². The van der Waals surface area contributed by atoms with Crippen LogP contribution in [0.15, 0.2) is 48.5 Å². The fourth-order valence-electron chi connectivity index (χ4n) is 4.10. The third kappa shape index (κ3) is 5.48. The van der Waals surface area contributed by atoms with Crippen LogP contribution in [0.4, 0.5) is 18.9 Å². The number of hydrogen-bond donors (Lipinski definition) is 0. The minimum atomic E-state index is -4.33. The van der Waals surface area contributed by atoms with Crippen molar-refractivity contribution in [3.63, 3.8) is 0 Å². The Labute approximate surface area is 177 Å². The maximum absolute atomic E-state index is 12.8. The van der Waals surface area contributed by atoms with Crippen LogP contribution in [0, 0.1) is 5.92 Å². The molecular weight excluding hydrogens is 389 g/mol. The maximum atomic E-state index is 12.8. The number of anilines is 1. The van der Waals surface area contributed by atoms with Crippen LogP contribution in [-0.2, 0) is 6.18 Å². The highest BCUT2D eigenvalue weighted by atomic mass is 19.4. The van der Waals surface area contributed by atoms with E-state index in [-0.39, 0.29) is 5.92 Å². The average molecular weight is 421 g/mol. The van der Waals surface area contributed by atoms with Crippen molar-refractivity contribution < 1.29 is 17.9 Å². The summed E-state index contributed by atoms with van der Waals surface area (Å²) in [6.07, 6.45) is -3.29. The van der Waals surface area contributed by atoms with Crippen molar-refractivity contribution in [2.75, 3.05) is 38.7 Å². The summed E-state index contributed by atoms with van der Waals surface area (Å²) in [5.41, 5.74) is 1.80. The van der Waals surface area contributed by atoms with E-state index < -0.39 is 11.7 Å². The van der Waals surface area contributed by atoms with Gasteiger partial charge >= 0.3 is 6.18 Å². The molecule has 0 amide bonds. The standard InChI is InChI=1S/C24H31F3N2O/c1-17(2)29-14-13-23(18-5-9-21(10-6-18)28(3)4)19(15-29)16-30-22-11-7-20(8-12-22)24(25,26)27/h5-12,17,19,23H,13-16H2,1-4H3. The first-order chi connectivity index (χ1) is 14.1. The van der Waals surface area contributed by atoms with Gasteiger partial charge < -0.3 is 14.5 Å². The number of ether oxygens (including phenoxy) is 1. The molecule has 2 unspecified atom stereocenters. The number of hydrogen-bond acceptors (Lipinski definition) is 3. The molecule has 0 spiro atoms. The van der Waals surface area contributed by atoms with E-state index in [0.29, 0.717) is 24.3 Å². The molecule has 1 heterocycles. The molecule has 3 rings (SSSR count). The second-order valence-electron chi connectivity index (χ2n) is 8.56. The Morgan fingerprint density at radius 1 is 1.03 bits per heavy atom. The molecule has 2 atom stereocenters. The molecule has 0 aromatic heterocycles. The summed E-state index contributed by atoms with van der Waals surface area (Å²) >= 11 is 0. The lowest BCUT2D eigenvalue weighted by molar-refractivity contribution is -0.137. The average Bonchev–Trinajstić information content (AvgIpc) is 2.71. The van der Waals surface area contributed by atoms with Crippen LogP contribution < -0.4 is 9.64 Å². The summed E-state index contributed by atoms with van der Waals surface area (Å²) in [5.74, 6) is 1.12. The zero-order chi connectivity index (χ0) is 21.9. The van der Waals surface area contributed by atoms with Crippen molar-refractivity contribution in [2.24, 2.45) is 5.92 Å². The SMILES string of the molecule is CC(C)N1CCC(c2ccc(N(C)C)cc2)C(COc2ccc(C(F)(F)F)cc2)C1.